The van der Waals surface area contributed by atoms with Crippen molar-refractivity contribution in [3.05, 3.63) is 36.5 Å². The number of benzene rings is 1. The second-order valence-corrected chi connectivity index (χ2v) is 2.89. The lowest BCUT2D eigenvalue weighted by atomic mass is 10.2. The maximum absolute atomic E-state index is 5.32. The van der Waals surface area contributed by atoms with Crippen LogP contribution in [0.15, 0.2) is 41.5 Å². The van der Waals surface area contributed by atoms with Crippen molar-refractivity contribution in [3.63, 3.8) is 0 Å². The zero-order valence-corrected chi connectivity index (χ0v) is 7.51. The Bertz CT molecular complexity index is 481. The highest BCUT2D eigenvalue weighted by molar-refractivity contribution is 5.92. The Kier molecular flexibility index (Phi) is 2.02. The fourth-order valence-electron chi connectivity index (χ4n) is 1.32. The molecule has 1 aromatic heterocycles. The van der Waals surface area contributed by atoms with Gasteiger partial charge in [-0.1, -0.05) is 18.2 Å². The molecular weight excluding hydrogens is 176 g/mol. The van der Waals surface area contributed by atoms with E-state index in [2.05, 4.69) is 9.98 Å². The van der Waals surface area contributed by atoms with Gasteiger partial charge in [-0.2, -0.15) is 0 Å². The molecule has 0 bridgehead atoms. The molecule has 70 valence electrons. The number of nitrogens with zero attached hydrogens (tertiary/aromatic N) is 2. The van der Waals surface area contributed by atoms with Gasteiger partial charge in [0.2, 0.25) is 0 Å². The van der Waals surface area contributed by atoms with Gasteiger partial charge >= 0.3 is 0 Å². The molecule has 0 unspecified atom stereocenters. The summed E-state index contributed by atoms with van der Waals surface area (Å²) in [7, 11) is 0. The van der Waals surface area contributed by atoms with E-state index in [4.69, 9.17) is 11.5 Å². The standard InChI is InChI=1S/C10H10N4/c11-10(12)14-8-5-1-3-7-4-2-6-13-9(7)8/h1-6H,(H4,11,12,14). The SMILES string of the molecule is NC(N)=Nc1cccc2cccnc12. The van der Waals surface area contributed by atoms with Crippen molar-refractivity contribution >= 4 is 22.5 Å². The Morgan fingerprint density at radius 3 is 2.71 bits per heavy atom. The number of pyridine rings is 1. The molecule has 2 rings (SSSR count). The van der Waals surface area contributed by atoms with Crippen LogP contribution in [0.25, 0.3) is 10.9 Å². The summed E-state index contributed by atoms with van der Waals surface area (Å²) < 4.78 is 0. The number of aromatic nitrogens is 1. The van der Waals surface area contributed by atoms with Crippen molar-refractivity contribution in [2.75, 3.05) is 0 Å². The molecule has 0 aliphatic heterocycles. The predicted molar refractivity (Wildman–Crippen MR) is 57.2 cm³/mol. The van der Waals surface area contributed by atoms with Crippen molar-refractivity contribution < 1.29 is 0 Å². The summed E-state index contributed by atoms with van der Waals surface area (Å²) in [6.07, 6.45) is 1.72. The third-order valence-corrected chi connectivity index (χ3v) is 1.86. The Labute approximate surface area is 81.3 Å². The fraction of sp³-hybridized carbons (Fsp3) is 0. The van der Waals surface area contributed by atoms with Gasteiger partial charge in [-0.3, -0.25) is 4.98 Å². The fourth-order valence-corrected chi connectivity index (χ4v) is 1.32. The van der Waals surface area contributed by atoms with Crippen LogP contribution in [-0.4, -0.2) is 10.9 Å². The van der Waals surface area contributed by atoms with E-state index in [0.717, 1.165) is 10.9 Å². The smallest absolute Gasteiger partial charge is 0.191 e. The zero-order valence-electron chi connectivity index (χ0n) is 7.51. The first-order valence-corrected chi connectivity index (χ1v) is 4.21. The van der Waals surface area contributed by atoms with Gasteiger partial charge < -0.3 is 11.5 Å². The molecular formula is C10H10N4. The highest BCUT2D eigenvalue weighted by Crippen LogP contribution is 2.22. The van der Waals surface area contributed by atoms with Crippen LogP contribution < -0.4 is 11.5 Å². The van der Waals surface area contributed by atoms with E-state index in [9.17, 15) is 0 Å². The van der Waals surface area contributed by atoms with Gasteiger partial charge in [0, 0.05) is 11.6 Å². The normalized spacial score (nSPS) is 10.0. The summed E-state index contributed by atoms with van der Waals surface area (Å²) in [4.78, 5) is 8.21. The van der Waals surface area contributed by atoms with Crippen molar-refractivity contribution in [1.29, 1.82) is 0 Å². The van der Waals surface area contributed by atoms with Crippen LogP contribution in [0.4, 0.5) is 5.69 Å². The second kappa shape index (κ2) is 3.33. The van der Waals surface area contributed by atoms with Crippen LogP contribution in [0.2, 0.25) is 0 Å². The van der Waals surface area contributed by atoms with E-state index in [0.29, 0.717) is 5.69 Å². The van der Waals surface area contributed by atoms with Crippen molar-refractivity contribution in [2.24, 2.45) is 16.5 Å². The molecule has 0 radical (unpaired) electrons. The summed E-state index contributed by atoms with van der Waals surface area (Å²) in [6.45, 7) is 0. The van der Waals surface area contributed by atoms with Crippen LogP contribution in [0, 0.1) is 0 Å². The molecule has 0 fully saturated rings. The molecule has 2 aromatic rings. The highest BCUT2D eigenvalue weighted by Gasteiger charge is 1.99. The van der Waals surface area contributed by atoms with Crippen LogP contribution in [0.5, 0.6) is 0 Å². The maximum atomic E-state index is 5.32. The minimum Gasteiger partial charge on any atom is -0.370 e. The zero-order chi connectivity index (χ0) is 9.97. The van der Waals surface area contributed by atoms with Crippen LogP contribution >= 0.6 is 0 Å². The summed E-state index contributed by atoms with van der Waals surface area (Å²) in [5.74, 6) is 0.0446. The molecule has 4 heteroatoms. The van der Waals surface area contributed by atoms with Crippen molar-refractivity contribution in [2.45, 2.75) is 0 Å². The number of rotatable bonds is 1. The molecule has 0 saturated carbocycles. The number of nitrogens with two attached hydrogens (primary N) is 2. The van der Waals surface area contributed by atoms with E-state index in [1.165, 1.54) is 0 Å². The average molecular weight is 186 g/mol. The van der Waals surface area contributed by atoms with Gasteiger partial charge in [0.15, 0.2) is 5.96 Å². The third-order valence-electron chi connectivity index (χ3n) is 1.86. The summed E-state index contributed by atoms with van der Waals surface area (Å²) in [6, 6.07) is 9.53. The van der Waals surface area contributed by atoms with Gasteiger partial charge in [0.1, 0.15) is 0 Å². The van der Waals surface area contributed by atoms with E-state index in [1.807, 2.05) is 30.3 Å². The lowest BCUT2D eigenvalue weighted by Gasteiger charge is -2.00. The van der Waals surface area contributed by atoms with E-state index in [1.54, 1.807) is 6.20 Å². The molecule has 1 aromatic carbocycles. The van der Waals surface area contributed by atoms with Crippen LogP contribution in [0.1, 0.15) is 0 Å². The van der Waals surface area contributed by atoms with Gasteiger partial charge in [-0.25, -0.2) is 4.99 Å². The average Bonchev–Trinajstić information content (AvgIpc) is 2.18. The molecule has 0 atom stereocenters. The lowest BCUT2D eigenvalue weighted by Crippen LogP contribution is -2.21. The molecule has 1 heterocycles. The largest absolute Gasteiger partial charge is 0.370 e. The number of hydrogen-bond donors (Lipinski definition) is 2. The number of hydrogen-bond acceptors (Lipinski definition) is 2. The number of fused-ring (bicyclic) bond motifs is 1. The first-order valence-electron chi connectivity index (χ1n) is 4.21. The first-order chi connectivity index (χ1) is 6.77. The molecule has 4 N–H and O–H groups in total. The number of guanidine groups is 1. The summed E-state index contributed by atoms with van der Waals surface area (Å²) in [5, 5.41) is 1.02. The minimum atomic E-state index is 0.0446. The Hall–Kier alpha value is -2.10. The van der Waals surface area contributed by atoms with Gasteiger partial charge in [-0.05, 0) is 12.1 Å². The third kappa shape index (κ3) is 1.50. The number of para-hydroxylation sites is 1. The second-order valence-electron chi connectivity index (χ2n) is 2.89. The quantitative estimate of drug-likeness (QED) is 0.518. The summed E-state index contributed by atoms with van der Waals surface area (Å²) >= 11 is 0. The molecule has 4 nitrogen and oxygen atoms in total. The van der Waals surface area contributed by atoms with Crippen LogP contribution in [-0.2, 0) is 0 Å². The Balaban J connectivity index is 2.71. The van der Waals surface area contributed by atoms with Gasteiger partial charge in [-0.15, -0.1) is 0 Å². The van der Waals surface area contributed by atoms with Gasteiger partial charge in [0.25, 0.3) is 0 Å². The predicted octanol–water partition coefficient (Wildman–Crippen LogP) is 1.14. The molecule has 0 amide bonds. The molecule has 0 spiro atoms. The monoisotopic (exact) mass is 186 g/mol. The Morgan fingerprint density at radius 2 is 1.93 bits per heavy atom. The van der Waals surface area contributed by atoms with E-state index < -0.39 is 0 Å². The topological polar surface area (TPSA) is 77.3 Å². The highest BCUT2D eigenvalue weighted by atomic mass is 15.0. The van der Waals surface area contributed by atoms with Crippen molar-refractivity contribution in [3.8, 4) is 0 Å². The molecule has 0 aliphatic rings. The van der Waals surface area contributed by atoms with Crippen molar-refractivity contribution in [1.82, 2.24) is 4.98 Å². The molecule has 14 heavy (non-hydrogen) atoms. The summed E-state index contributed by atoms with van der Waals surface area (Å²) in [5.41, 5.74) is 12.1. The lowest BCUT2D eigenvalue weighted by molar-refractivity contribution is 1.37. The molecule has 0 aliphatic carbocycles. The Morgan fingerprint density at radius 1 is 1.14 bits per heavy atom. The van der Waals surface area contributed by atoms with E-state index in [-0.39, 0.29) is 5.96 Å². The minimum absolute atomic E-state index is 0.0446. The van der Waals surface area contributed by atoms with Crippen LogP contribution in [0.3, 0.4) is 0 Å². The van der Waals surface area contributed by atoms with Gasteiger partial charge in [0.05, 0.1) is 11.2 Å². The first kappa shape index (κ1) is 8.50. The number of aliphatic imine (C=N–C) groups is 1. The van der Waals surface area contributed by atoms with E-state index >= 15 is 0 Å². The maximum Gasteiger partial charge on any atom is 0.191 e. The molecule has 0 saturated heterocycles.